The van der Waals surface area contributed by atoms with Crippen molar-refractivity contribution < 1.29 is 22.6 Å². The third kappa shape index (κ3) is 3.78. The number of nitrogens with zero attached hydrogens (tertiary/aromatic N) is 2. The summed E-state index contributed by atoms with van der Waals surface area (Å²) in [6, 6.07) is 6.02. The summed E-state index contributed by atoms with van der Waals surface area (Å²) < 4.78 is 48.0. The zero-order chi connectivity index (χ0) is 16.2. The van der Waals surface area contributed by atoms with Crippen LogP contribution in [0.1, 0.15) is 11.3 Å². The fourth-order valence-corrected chi connectivity index (χ4v) is 1.77. The third-order valence-electron chi connectivity index (χ3n) is 2.84. The Kier molecular flexibility index (Phi) is 4.69. The first kappa shape index (κ1) is 15.9. The molecule has 1 aromatic heterocycles. The number of halogens is 3. The van der Waals surface area contributed by atoms with Crippen LogP contribution < -0.4 is 14.8 Å². The molecule has 2 aromatic rings. The van der Waals surface area contributed by atoms with E-state index in [9.17, 15) is 13.2 Å². The molecule has 0 atom stereocenters. The highest BCUT2D eigenvalue weighted by Gasteiger charge is 2.32. The predicted molar refractivity (Wildman–Crippen MR) is 73.9 cm³/mol. The Balaban J connectivity index is 2.10. The van der Waals surface area contributed by atoms with E-state index in [1.807, 2.05) is 0 Å². The van der Waals surface area contributed by atoms with E-state index in [4.69, 9.17) is 9.47 Å². The van der Waals surface area contributed by atoms with Gasteiger partial charge in [-0.2, -0.15) is 13.2 Å². The first-order chi connectivity index (χ1) is 10.4. The molecular formula is C14H14F3N3O2. The monoisotopic (exact) mass is 313 g/mol. The van der Waals surface area contributed by atoms with Gasteiger partial charge in [-0.05, 0) is 23.8 Å². The summed E-state index contributed by atoms with van der Waals surface area (Å²) in [6.07, 6.45) is -3.44. The van der Waals surface area contributed by atoms with Crippen LogP contribution in [0.3, 0.4) is 0 Å². The van der Waals surface area contributed by atoms with Crippen LogP contribution in [0.15, 0.2) is 30.5 Å². The highest BCUT2D eigenvalue weighted by Crippen LogP contribution is 2.29. The number of hydrogen-bond donors (Lipinski definition) is 1. The van der Waals surface area contributed by atoms with Crippen molar-refractivity contribution in [1.29, 1.82) is 0 Å². The zero-order valence-electron chi connectivity index (χ0n) is 11.9. The summed E-state index contributed by atoms with van der Waals surface area (Å²) in [7, 11) is 3.03. The Labute approximate surface area is 125 Å². The Hall–Kier alpha value is -2.51. The summed E-state index contributed by atoms with van der Waals surface area (Å²) in [4.78, 5) is 7.20. The molecule has 0 bridgehead atoms. The molecule has 0 unspecified atom stereocenters. The number of methoxy groups -OCH3 is 2. The normalized spacial score (nSPS) is 11.1. The van der Waals surface area contributed by atoms with Crippen molar-refractivity contribution in [3.05, 3.63) is 41.7 Å². The van der Waals surface area contributed by atoms with Crippen molar-refractivity contribution in [3.8, 4) is 11.5 Å². The molecule has 0 saturated heterocycles. The largest absolute Gasteiger partial charge is 0.493 e. The second kappa shape index (κ2) is 6.50. The van der Waals surface area contributed by atoms with Crippen LogP contribution in [0, 0.1) is 0 Å². The van der Waals surface area contributed by atoms with E-state index >= 15 is 0 Å². The van der Waals surface area contributed by atoms with Gasteiger partial charge in [0.05, 0.1) is 14.2 Å². The minimum absolute atomic E-state index is 0.0930. The van der Waals surface area contributed by atoms with Gasteiger partial charge in [0, 0.05) is 12.7 Å². The van der Waals surface area contributed by atoms with Crippen molar-refractivity contribution in [2.45, 2.75) is 12.7 Å². The average Bonchev–Trinajstić information content (AvgIpc) is 2.52. The van der Waals surface area contributed by atoms with E-state index in [1.165, 1.54) is 14.2 Å². The van der Waals surface area contributed by atoms with Crippen LogP contribution in [-0.2, 0) is 12.7 Å². The molecule has 0 aliphatic rings. The first-order valence-corrected chi connectivity index (χ1v) is 6.29. The second-order valence-electron chi connectivity index (χ2n) is 4.31. The van der Waals surface area contributed by atoms with Crippen molar-refractivity contribution in [3.63, 3.8) is 0 Å². The minimum atomic E-state index is -4.50. The molecule has 0 saturated carbocycles. The number of nitrogens with one attached hydrogen (secondary N) is 1. The number of anilines is 1. The van der Waals surface area contributed by atoms with Gasteiger partial charge < -0.3 is 14.8 Å². The summed E-state index contributed by atoms with van der Waals surface area (Å²) in [5.74, 6) is 1.01. The number of benzene rings is 1. The minimum Gasteiger partial charge on any atom is -0.493 e. The molecule has 0 spiro atoms. The van der Waals surface area contributed by atoms with Gasteiger partial charge in [0.1, 0.15) is 5.69 Å². The molecule has 1 N–H and O–H groups in total. The van der Waals surface area contributed by atoms with Crippen LogP contribution in [0.25, 0.3) is 0 Å². The molecular weight excluding hydrogens is 299 g/mol. The Morgan fingerprint density at radius 2 is 1.82 bits per heavy atom. The fraction of sp³-hybridized carbons (Fsp3) is 0.286. The zero-order valence-corrected chi connectivity index (χ0v) is 11.9. The molecule has 8 heteroatoms. The maximum Gasteiger partial charge on any atom is 0.433 e. The standard InChI is InChI=1S/C14H14F3N3O2/c1-21-10-4-3-9(7-11(10)22-2)8-19-13-18-6-5-12(20-13)14(15,16)17/h3-7H,8H2,1-2H3,(H,18,19,20). The van der Waals surface area contributed by atoms with E-state index in [1.54, 1.807) is 18.2 Å². The molecule has 0 amide bonds. The van der Waals surface area contributed by atoms with E-state index in [2.05, 4.69) is 15.3 Å². The van der Waals surface area contributed by atoms with Gasteiger partial charge in [0.2, 0.25) is 5.95 Å². The van der Waals surface area contributed by atoms with E-state index in [-0.39, 0.29) is 12.5 Å². The van der Waals surface area contributed by atoms with Gasteiger partial charge in [-0.1, -0.05) is 6.07 Å². The van der Waals surface area contributed by atoms with E-state index < -0.39 is 11.9 Å². The lowest BCUT2D eigenvalue weighted by atomic mass is 10.2. The SMILES string of the molecule is COc1ccc(CNc2nccc(C(F)(F)F)n2)cc1OC. The molecule has 0 fully saturated rings. The summed E-state index contributed by atoms with van der Waals surface area (Å²) in [5, 5.41) is 2.74. The Morgan fingerprint density at radius 3 is 2.45 bits per heavy atom. The smallest absolute Gasteiger partial charge is 0.433 e. The quantitative estimate of drug-likeness (QED) is 0.919. The molecule has 22 heavy (non-hydrogen) atoms. The number of alkyl halides is 3. The lowest BCUT2D eigenvalue weighted by molar-refractivity contribution is -0.141. The van der Waals surface area contributed by atoms with Gasteiger partial charge >= 0.3 is 6.18 Å². The third-order valence-corrected chi connectivity index (χ3v) is 2.84. The van der Waals surface area contributed by atoms with Gasteiger partial charge in [0.15, 0.2) is 11.5 Å². The molecule has 0 radical (unpaired) electrons. The van der Waals surface area contributed by atoms with Gasteiger partial charge in [0.25, 0.3) is 0 Å². The Bertz CT molecular complexity index is 647. The number of hydrogen-bond acceptors (Lipinski definition) is 5. The highest BCUT2D eigenvalue weighted by molar-refractivity contribution is 5.43. The van der Waals surface area contributed by atoms with Crippen molar-refractivity contribution in [2.75, 3.05) is 19.5 Å². The summed E-state index contributed by atoms with van der Waals surface area (Å²) in [6.45, 7) is 0.252. The van der Waals surface area contributed by atoms with Crippen molar-refractivity contribution >= 4 is 5.95 Å². The molecule has 2 rings (SSSR count). The van der Waals surface area contributed by atoms with Gasteiger partial charge in [-0.3, -0.25) is 0 Å². The van der Waals surface area contributed by atoms with Crippen LogP contribution in [0.2, 0.25) is 0 Å². The van der Waals surface area contributed by atoms with Crippen LogP contribution >= 0.6 is 0 Å². The van der Waals surface area contributed by atoms with Crippen LogP contribution in [-0.4, -0.2) is 24.2 Å². The molecule has 1 aromatic carbocycles. The molecule has 0 aliphatic carbocycles. The lowest BCUT2D eigenvalue weighted by Gasteiger charge is -2.11. The van der Waals surface area contributed by atoms with Gasteiger partial charge in [-0.15, -0.1) is 0 Å². The maximum atomic E-state index is 12.6. The maximum absolute atomic E-state index is 12.6. The first-order valence-electron chi connectivity index (χ1n) is 6.29. The second-order valence-corrected chi connectivity index (χ2v) is 4.31. The van der Waals surface area contributed by atoms with E-state index in [0.29, 0.717) is 11.5 Å². The summed E-state index contributed by atoms with van der Waals surface area (Å²) >= 11 is 0. The average molecular weight is 313 g/mol. The predicted octanol–water partition coefficient (Wildman–Crippen LogP) is 3.12. The van der Waals surface area contributed by atoms with Crippen LogP contribution in [0.4, 0.5) is 19.1 Å². The van der Waals surface area contributed by atoms with Crippen molar-refractivity contribution in [2.24, 2.45) is 0 Å². The molecule has 1 heterocycles. The number of ether oxygens (including phenoxy) is 2. The summed E-state index contributed by atoms with van der Waals surface area (Å²) in [5.41, 5.74) is -0.198. The highest BCUT2D eigenvalue weighted by atomic mass is 19.4. The van der Waals surface area contributed by atoms with Crippen LogP contribution in [0.5, 0.6) is 11.5 Å². The van der Waals surface area contributed by atoms with Gasteiger partial charge in [-0.25, -0.2) is 9.97 Å². The molecule has 0 aliphatic heterocycles. The fourth-order valence-electron chi connectivity index (χ4n) is 1.77. The lowest BCUT2D eigenvalue weighted by Crippen LogP contribution is -2.11. The topological polar surface area (TPSA) is 56.3 Å². The number of rotatable bonds is 5. The van der Waals surface area contributed by atoms with E-state index in [0.717, 1.165) is 17.8 Å². The molecule has 5 nitrogen and oxygen atoms in total. The van der Waals surface area contributed by atoms with Crippen molar-refractivity contribution in [1.82, 2.24) is 9.97 Å². The Morgan fingerprint density at radius 1 is 1.09 bits per heavy atom. The number of aromatic nitrogens is 2. The molecule has 118 valence electrons.